The highest BCUT2D eigenvalue weighted by Gasteiger charge is 2.51. The first-order valence-corrected chi connectivity index (χ1v) is 10.2. The van der Waals surface area contributed by atoms with E-state index in [0.717, 1.165) is 41.1 Å². The van der Waals surface area contributed by atoms with E-state index in [1.165, 1.54) is 6.21 Å². The van der Waals surface area contributed by atoms with Gasteiger partial charge in [0, 0.05) is 0 Å². The molecule has 1 spiro atoms. The van der Waals surface area contributed by atoms with Crippen molar-refractivity contribution in [1.29, 1.82) is 0 Å². The Morgan fingerprint density at radius 2 is 1.90 bits per heavy atom. The molecule has 1 aromatic carbocycles. The van der Waals surface area contributed by atoms with E-state index in [2.05, 4.69) is 15.5 Å². The molecule has 1 aliphatic heterocycles. The molecular formula is C21H24ClN5O2. The minimum atomic E-state index is -0.797. The first-order valence-electron chi connectivity index (χ1n) is 9.86. The second-order valence-corrected chi connectivity index (χ2v) is 8.28. The van der Waals surface area contributed by atoms with E-state index in [4.69, 9.17) is 11.6 Å². The third-order valence-corrected chi connectivity index (χ3v) is 6.15. The SMILES string of the molecule is Cc1ccc(C)c(-n2nc(C)c(/C=N\N3C(=O)NC4(CCCCC4)C3=O)c2Cl)c1. The average Bonchev–Trinajstić information content (AvgIpc) is 3.09. The average molecular weight is 414 g/mol. The van der Waals surface area contributed by atoms with Crippen LogP contribution in [0.4, 0.5) is 4.79 Å². The van der Waals surface area contributed by atoms with Gasteiger partial charge in [-0.1, -0.05) is 43.0 Å². The smallest absolute Gasteiger partial charge is 0.321 e. The van der Waals surface area contributed by atoms with Crippen LogP contribution in [0.25, 0.3) is 5.69 Å². The van der Waals surface area contributed by atoms with Gasteiger partial charge in [0.05, 0.1) is 23.2 Å². The summed E-state index contributed by atoms with van der Waals surface area (Å²) >= 11 is 6.59. The van der Waals surface area contributed by atoms with E-state index in [1.54, 1.807) is 4.68 Å². The Labute approximate surface area is 174 Å². The monoisotopic (exact) mass is 413 g/mol. The molecule has 0 atom stereocenters. The highest BCUT2D eigenvalue weighted by atomic mass is 35.5. The summed E-state index contributed by atoms with van der Waals surface area (Å²) in [6.07, 6.45) is 5.71. The fraction of sp³-hybridized carbons (Fsp3) is 0.429. The van der Waals surface area contributed by atoms with Gasteiger partial charge in [0.1, 0.15) is 10.7 Å². The Bertz CT molecular complexity index is 1020. The van der Waals surface area contributed by atoms with Gasteiger partial charge in [-0.15, -0.1) is 5.01 Å². The maximum atomic E-state index is 12.9. The van der Waals surface area contributed by atoms with E-state index >= 15 is 0 Å². The molecule has 8 heteroatoms. The van der Waals surface area contributed by atoms with Crippen LogP contribution in [0.3, 0.4) is 0 Å². The Kier molecular flexibility index (Phi) is 4.94. The number of imide groups is 1. The molecule has 0 unspecified atom stereocenters. The second kappa shape index (κ2) is 7.30. The Morgan fingerprint density at radius 1 is 1.17 bits per heavy atom. The summed E-state index contributed by atoms with van der Waals surface area (Å²) < 4.78 is 1.66. The summed E-state index contributed by atoms with van der Waals surface area (Å²) in [4.78, 5) is 25.3. The highest BCUT2D eigenvalue weighted by molar-refractivity contribution is 6.32. The van der Waals surface area contributed by atoms with Crippen molar-refractivity contribution in [2.45, 2.75) is 58.4 Å². The van der Waals surface area contributed by atoms with Crippen LogP contribution < -0.4 is 5.32 Å². The number of aromatic nitrogens is 2. The predicted octanol–water partition coefficient (Wildman–Crippen LogP) is 4.04. The molecule has 29 heavy (non-hydrogen) atoms. The van der Waals surface area contributed by atoms with Gasteiger partial charge in [0.25, 0.3) is 5.91 Å². The third-order valence-electron chi connectivity index (χ3n) is 5.79. The van der Waals surface area contributed by atoms with Crippen LogP contribution in [0, 0.1) is 20.8 Å². The normalized spacial score (nSPS) is 18.8. The van der Waals surface area contributed by atoms with Crippen molar-refractivity contribution >= 4 is 29.8 Å². The minimum Gasteiger partial charge on any atom is -0.321 e. The molecule has 1 aromatic heterocycles. The first kappa shape index (κ1) is 19.6. The Hall–Kier alpha value is -2.67. The standard InChI is InChI=1S/C21H24ClN5O2/c1-13-7-8-14(2)17(11-13)26-18(22)16(15(3)25-26)12-23-27-19(28)21(24-20(27)29)9-5-4-6-10-21/h7-8,11-12H,4-6,9-10H2,1-3H3,(H,24,29)/b23-12-. The van der Waals surface area contributed by atoms with E-state index in [1.807, 2.05) is 39.0 Å². The van der Waals surface area contributed by atoms with Crippen LogP contribution in [0.1, 0.15) is 54.5 Å². The van der Waals surface area contributed by atoms with Crippen molar-refractivity contribution in [2.24, 2.45) is 5.10 Å². The molecule has 2 aliphatic rings. The first-order chi connectivity index (χ1) is 13.8. The molecule has 0 radical (unpaired) electrons. The maximum absolute atomic E-state index is 12.9. The molecule has 1 saturated carbocycles. The van der Waals surface area contributed by atoms with Gasteiger partial charge >= 0.3 is 6.03 Å². The lowest BCUT2D eigenvalue weighted by Crippen LogP contribution is -2.48. The largest absolute Gasteiger partial charge is 0.346 e. The number of carbonyl (C=O) groups excluding carboxylic acids is 2. The van der Waals surface area contributed by atoms with Crippen molar-refractivity contribution in [3.05, 3.63) is 45.7 Å². The number of aryl methyl sites for hydroxylation is 3. The molecule has 1 saturated heterocycles. The molecule has 1 N–H and O–H groups in total. The van der Waals surface area contributed by atoms with Crippen LogP contribution in [0.5, 0.6) is 0 Å². The fourth-order valence-electron chi connectivity index (χ4n) is 4.09. The number of amides is 3. The number of benzene rings is 1. The third kappa shape index (κ3) is 3.33. The quantitative estimate of drug-likeness (QED) is 0.609. The van der Waals surface area contributed by atoms with Crippen LogP contribution in [-0.2, 0) is 4.79 Å². The number of nitrogens with zero attached hydrogens (tertiary/aromatic N) is 4. The number of rotatable bonds is 3. The van der Waals surface area contributed by atoms with E-state index in [0.29, 0.717) is 29.3 Å². The van der Waals surface area contributed by atoms with Crippen LogP contribution >= 0.6 is 11.6 Å². The molecule has 4 rings (SSSR count). The Balaban J connectivity index is 1.64. The Morgan fingerprint density at radius 3 is 2.62 bits per heavy atom. The molecule has 2 heterocycles. The summed E-state index contributed by atoms with van der Waals surface area (Å²) in [6.45, 7) is 5.82. The fourth-order valence-corrected chi connectivity index (χ4v) is 4.40. The molecule has 2 aromatic rings. The summed E-state index contributed by atoms with van der Waals surface area (Å²) in [5.41, 5.74) is 3.47. The summed E-state index contributed by atoms with van der Waals surface area (Å²) in [5, 5.41) is 12.9. The molecule has 152 valence electrons. The number of urea groups is 1. The van der Waals surface area contributed by atoms with E-state index in [9.17, 15) is 9.59 Å². The number of nitrogens with one attached hydrogen (secondary N) is 1. The lowest BCUT2D eigenvalue weighted by Gasteiger charge is -2.29. The lowest BCUT2D eigenvalue weighted by atomic mass is 9.82. The molecule has 0 bridgehead atoms. The number of hydrazone groups is 1. The number of carbonyl (C=O) groups is 2. The van der Waals surface area contributed by atoms with Gasteiger partial charge in [0.2, 0.25) is 0 Å². The van der Waals surface area contributed by atoms with Crippen LogP contribution in [-0.4, -0.2) is 38.5 Å². The molecular weight excluding hydrogens is 390 g/mol. The summed E-state index contributed by atoms with van der Waals surface area (Å²) in [5.74, 6) is -0.283. The van der Waals surface area contributed by atoms with Crippen molar-refractivity contribution in [2.75, 3.05) is 0 Å². The van der Waals surface area contributed by atoms with Gasteiger partial charge < -0.3 is 5.32 Å². The summed E-state index contributed by atoms with van der Waals surface area (Å²) in [7, 11) is 0. The molecule has 7 nitrogen and oxygen atoms in total. The number of hydrogen-bond acceptors (Lipinski definition) is 4. The zero-order chi connectivity index (χ0) is 20.8. The zero-order valence-corrected chi connectivity index (χ0v) is 17.6. The maximum Gasteiger partial charge on any atom is 0.346 e. The minimum absolute atomic E-state index is 0.283. The molecule has 1 aliphatic carbocycles. The van der Waals surface area contributed by atoms with Crippen molar-refractivity contribution in [3.8, 4) is 5.69 Å². The number of hydrogen-bond donors (Lipinski definition) is 1. The highest BCUT2D eigenvalue weighted by Crippen LogP contribution is 2.34. The van der Waals surface area contributed by atoms with Gasteiger partial charge in [-0.3, -0.25) is 4.79 Å². The lowest BCUT2D eigenvalue weighted by molar-refractivity contribution is -0.132. The zero-order valence-electron chi connectivity index (χ0n) is 16.8. The van der Waals surface area contributed by atoms with Gasteiger partial charge in [-0.2, -0.15) is 10.2 Å². The van der Waals surface area contributed by atoms with Crippen molar-refractivity contribution < 1.29 is 9.59 Å². The summed E-state index contributed by atoms with van der Waals surface area (Å²) in [6, 6.07) is 5.58. The van der Waals surface area contributed by atoms with Crippen LogP contribution in [0.2, 0.25) is 5.15 Å². The molecule has 2 fully saturated rings. The van der Waals surface area contributed by atoms with Crippen molar-refractivity contribution in [1.82, 2.24) is 20.1 Å². The predicted molar refractivity (Wildman–Crippen MR) is 112 cm³/mol. The van der Waals surface area contributed by atoms with E-state index in [-0.39, 0.29) is 5.91 Å². The van der Waals surface area contributed by atoms with Gasteiger partial charge in [-0.25, -0.2) is 9.48 Å². The van der Waals surface area contributed by atoms with E-state index < -0.39 is 11.6 Å². The van der Waals surface area contributed by atoms with Gasteiger partial charge in [0.15, 0.2) is 0 Å². The number of halogens is 1. The topological polar surface area (TPSA) is 79.6 Å². The van der Waals surface area contributed by atoms with Crippen molar-refractivity contribution in [3.63, 3.8) is 0 Å². The van der Waals surface area contributed by atoms with Crippen LogP contribution in [0.15, 0.2) is 23.3 Å². The van der Waals surface area contributed by atoms with Gasteiger partial charge in [-0.05, 0) is 50.8 Å². The molecule has 3 amide bonds. The second-order valence-electron chi connectivity index (χ2n) is 7.93.